The fourth-order valence-electron chi connectivity index (χ4n) is 3.00. The van der Waals surface area contributed by atoms with Crippen molar-refractivity contribution >= 4 is 11.9 Å². The molecule has 0 aromatic carbocycles. The molecule has 2 rings (SSSR count). The summed E-state index contributed by atoms with van der Waals surface area (Å²) < 4.78 is 10.5. The first-order chi connectivity index (χ1) is 11.0. The highest BCUT2D eigenvalue weighted by Crippen LogP contribution is 2.30. The molecule has 1 aliphatic heterocycles. The van der Waals surface area contributed by atoms with E-state index < -0.39 is 11.5 Å². The van der Waals surface area contributed by atoms with Crippen molar-refractivity contribution in [1.82, 2.24) is 10.2 Å². The standard InChI is InChI=1S/C17H26N2O4/c1-4-18-16(21)17(3)10-6-7-11-19(17)12-13-8-9-14(23-13)15(20)22-5-2/h8-9H,4-7,10-12H2,1-3H3,(H,18,21). The van der Waals surface area contributed by atoms with Crippen LogP contribution in [0.2, 0.25) is 0 Å². The van der Waals surface area contributed by atoms with Gasteiger partial charge in [-0.25, -0.2) is 4.79 Å². The molecule has 1 fully saturated rings. The molecule has 128 valence electrons. The number of carbonyl (C=O) groups is 2. The van der Waals surface area contributed by atoms with E-state index in [0.717, 1.165) is 25.8 Å². The van der Waals surface area contributed by atoms with Gasteiger partial charge in [0.05, 0.1) is 18.7 Å². The number of esters is 1. The number of piperidine rings is 1. The molecule has 23 heavy (non-hydrogen) atoms. The summed E-state index contributed by atoms with van der Waals surface area (Å²) in [4.78, 5) is 26.3. The van der Waals surface area contributed by atoms with Gasteiger partial charge in [-0.1, -0.05) is 0 Å². The van der Waals surface area contributed by atoms with Gasteiger partial charge in [-0.15, -0.1) is 0 Å². The molecule has 1 unspecified atom stereocenters. The fourth-order valence-corrected chi connectivity index (χ4v) is 3.00. The molecule has 6 heteroatoms. The van der Waals surface area contributed by atoms with Gasteiger partial charge in [0.15, 0.2) is 0 Å². The van der Waals surface area contributed by atoms with Crippen LogP contribution in [0.15, 0.2) is 16.5 Å². The zero-order valence-corrected chi connectivity index (χ0v) is 14.2. The van der Waals surface area contributed by atoms with E-state index in [1.54, 1.807) is 19.1 Å². The van der Waals surface area contributed by atoms with Crippen LogP contribution in [0.4, 0.5) is 0 Å². The Morgan fingerprint density at radius 2 is 2.13 bits per heavy atom. The van der Waals surface area contributed by atoms with E-state index in [2.05, 4.69) is 10.2 Å². The Balaban J connectivity index is 2.10. The molecule has 0 spiro atoms. The Kier molecular flexibility index (Phi) is 5.82. The molecule has 1 aromatic heterocycles. The molecule has 1 aromatic rings. The normalized spacial score (nSPS) is 21.9. The first-order valence-corrected chi connectivity index (χ1v) is 8.30. The van der Waals surface area contributed by atoms with E-state index in [-0.39, 0.29) is 11.7 Å². The minimum absolute atomic E-state index is 0.0527. The highest BCUT2D eigenvalue weighted by molar-refractivity contribution is 5.86. The van der Waals surface area contributed by atoms with E-state index in [1.807, 2.05) is 13.8 Å². The van der Waals surface area contributed by atoms with E-state index >= 15 is 0 Å². The molecule has 0 aliphatic carbocycles. The highest BCUT2D eigenvalue weighted by Gasteiger charge is 2.41. The summed E-state index contributed by atoms with van der Waals surface area (Å²) in [5.41, 5.74) is -0.537. The van der Waals surface area contributed by atoms with Crippen LogP contribution in [0.1, 0.15) is 56.3 Å². The van der Waals surface area contributed by atoms with Crippen molar-refractivity contribution < 1.29 is 18.7 Å². The SMILES string of the molecule is CCNC(=O)C1(C)CCCCN1Cc1ccc(C(=O)OCC)o1. The maximum Gasteiger partial charge on any atom is 0.374 e. The molecule has 2 heterocycles. The third-order valence-corrected chi connectivity index (χ3v) is 4.35. The van der Waals surface area contributed by atoms with Crippen molar-refractivity contribution in [3.8, 4) is 0 Å². The lowest BCUT2D eigenvalue weighted by Gasteiger charge is -2.43. The van der Waals surface area contributed by atoms with Gasteiger partial charge in [-0.2, -0.15) is 0 Å². The van der Waals surface area contributed by atoms with Crippen molar-refractivity contribution in [1.29, 1.82) is 0 Å². The van der Waals surface area contributed by atoms with Gasteiger partial charge >= 0.3 is 5.97 Å². The van der Waals surface area contributed by atoms with Crippen LogP contribution in [-0.4, -0.2) is 42.0 Å². The van der Waals surface area contributed by atoms with Crippen LogP contribution in [0.5, 0.6) is 0 Å². The average molecular weight is 322 g/mol. The third kappa shape index (κ3) is 3.93. The third-order valence-electron chi connectivity index (χ3n) is 4.35. The van der Waals surface area contributed by atoms with Crippen molar-refractivity contribution in [2.75, 3.05) is 19.7 Å². The summed E-state index contributed by atoms with van der Waals surface area (Å²) in [6.45, 7) is 7.94. The molecular weight excluding hydrogens is 296 g/mol. The Hall–Kier alpha value is -1.82. The lowest BCUT2D eigenvalue weighted by atomic mass is 9.87. The molecule has 1 atom stereocenters. The lowest BCUT2D eigenvalue weighted by molar-refractivity contribution is -0.135. The summed E-state index contributed by atoms with van der Waals surface area (Å²) in [6, 6.07) is 3.40. The monoisotopic (exact) mass is 322 g/mol. The second-order valence-electron chi connectivity index (χ2n) is 6.00. The minimum Gasteiger partial charge on any atom is -0.460 e. The zero-order valence-electron chi connectivity index (χ0n) is 14.2. The van der Waals surface area contributed by atoms with Crippen LogP contribution in [0.25, 0.3) is 0 Å². The average Bonchev–Trinajstić information content (AvgIpc) is 2.99. The second kappa shape index (κ2) is 7.64. The molecule has 0 saturated carbocycles. The van der Waals surface area contributed by atoms with E-state index in [9.17, 15) is 9.59 Å². The number of hydrogen-bond acceptors (Lipinski definition) is 5. The Morgan fingerprint density at radius 3 is 2.83 bits per heavy atom. The largest absolute Gasteiger partial charge is 0.460 e. The van der Waals surface area contributed by atoms with Crippen LogP contribution in [-0.2, 0) is 16.1 Å². The van der Waals surface area contributed by atoms with Crippen LogP contribution in [0, 0.1) is 0 Å². The summed E-state index contributed by atoms with van der Waals surface area (Å²) in [6.07, 6.45) is 2.92. The van der Waals surface area contributed by atoms with Crippen molar-refractivity contribution in [3.05, 3.63) is 23.7 Å². The maximum absolute atomic E-state index is 12.5. The Morgan fingerprint density at radius 1 is 1.35 bits per heavy atom. The van der Waals surface area contributed by atoms with Crippen molar-refractivity contribution in [3.63, 3.8) is 0 Å². The van der Waals surface area contributed by atoms with Crippen molar-refractivity contribution in [2.45, 2.75) is 52.1 Å². The van der Waals surface area contributed by atoms with Gasteiger partial charge in [0.2, 0.25) is 11.7 Å². The molecular formula is C17H26N2O4. The minimum atomic E-state index is -0.537. The lowest BCUT2D eigenvalue weighted by Crippen LogP contribution is -2.58. The van der Waals surface area contributed by atoms with Crippen LogP contribution >= 0.6 is 0 Å². The van der Waals surface area contributed by atoms with E-state index in [0.29, 0.717) is 25.5 Å². The summed E-state index contributed by atoms with van der Waals surface area (Å²) in [7, 11) is 0. The van der Waals surface area contributed by atoms with Gasteiger partial charge in [0.1, 0.15) is 5.76 Å². The summed E-state index contributed by atoms with van der Waals surface area (Å²) in [5, 5.41) is 2.93. The quantitative estimate of drug-likeness (QED) is 0.814. The zero-order chi connectivity index (χ0) is 16.9. The molecule has 0 bridgehead atoms. The van der Waals surface area contributed by atoms with Crippen molar-refractivity contribution in [2.24, 2.45) is 0 Å². The van der Waals surface area contributed by atoms with Gasteiger partial charge in [-0.05, 0) is 58.7 Å². The number of nitrogens with zero attached hydrogens (tertiary/aromatic N) is 1. The number of ether oxygens (including phenoxy) is 1. The first-order valence-electron chi connectivity index (χ1n) is 8.30. The number of nitrogens with one attached hydrogen (secondary N) is 1. The predicted octanol–water partition coefficient (Wildman–Crippen LogP) is 2.34. The van der Waals surface area contributed by atoms with E-state index in [4.69, 9.17) is 9.15 Å². The number of amides is 1. The number of carbonyl (C=O) groups excluding carboxylic acids is 2. The molecule has 0 radical (unpaired) electrons. The Bertz CT molecular complexity index is 555. The summed E-state index contributed by atoms with van der Waals surface area (Å²) in [5.74, 6) is 0.477. The maximum atomic E-state index is 12.5. The molecule has 1 aliphatic rings. The molecule has 1 N–H and O–H groups in total. The number of likely N-dealkylation sites (N-methyl/N-ethyl adjacent to an activating group) is 1. The van der Waals surface area contributed by atoms with E-state index in [1.165, 1.54) is 0 Å². The number of furan rings is 1. The van der Waals surface area contributed by atoms with Crippen LogP contribution in [0.3, 0.4) is 0 Å². The van der Waals surface area contributed by atoms with Gasteiger partial charge in [-0.3, -0.25) is 9.69 Å². The number of rotatable bonds is 6. The molecule has 6 nitrogen and oxygen atoms in total. The van der Waals surface area contributed by atoms with Gasteiger partial charge in [0.25, 0.3) is 0 Å². The predicted molar refractivity (Wildman–Crippen MR) is 86.0 cm³/mol. The number of hydrogen-bond donors (Lipinski definition) is 1. The fraction of sp³-hybridized carbons (Fsp3) is 0.647. The summed E-state index contributed by atoms with van der Waals surface area (Å²) >= 11 is 0. The van der Waals surface area contributed by atoms with Gasteiger partial charge < -0.3 is 14.5 Å². The smallest absolute Gasteiger partial charge is 0.374 e. The Labute approximate surface area is 137 Å². The molecule has 1 amide bonds. The second-order valence-corrected chi connectivity index (χ2v) is 6.00. The topological polar surface area (TPSA) is 71.8 Å². The number of likely N-dealkylation sites (tertiary alicyclic amines) is 1. The molecule has 1 saturated heterocycles. The first kappa shape index (κ1) is 17.5. The van der Waals surface area contributed by atoms with Crippen LogP contribution < -0.4 is 5.32 Å². The highest BCUT2D eigenvalue weighted by atomic mass is 16.5. The van der Waals surface area contributed by atoms with Gasteiger partial charge in [0, 0.05) is 6.54 Å².